The molecule has 1 aliphatic rings. The van der Waals surface area contributed by atoms with Crippen LogP contribution in [-0.4, -0.2) is 17.1 Å². The third-order valence-corrected chi connectivity index (χ3v) is 3.70. The average molecular weight is 309 g/mol. The number of nitrogens with zero attached hydrogens (tertiary/aromatic N) is 1. The van der Waals surface area contributed by atoms with Crippen molar-refractivity contribution < 1.29 is 9.90 Å². The van der Waals surface area contributed by atoms with Crippen LogP contribution in [0.1, 0.15) is 29.6 Å². The minimum absolute atomic E-state index is 0.0617. The number of hydrogen-bond donors (Lipinski definition) is 2. The van der Waals surface area contributed by atoms with Crippen molar-refractivity contribution in [3.8, 4) is 11.8 Å². The van der Waals surface area contributed by atoms with Gasteiger partial charge in [-0.3, -0.25) is 4.79 Å². The van der Waals surface area contributed by atoms with Crippen LogP contribution in [0.2, 0.25) is 0 Å². The quantitative estimate of drug-likeness (QED) is 0.882. The number of phenols is 1. The fraction of sp³-hybridized carbons (Fsp3) is 0.385. The normalized spacial score (nSPS) is 22.4. The van der Waals surface area contributed by atoms with E-state index in [0.717, 1.165) is 19.3 Å². The standard InChI is InChI=1S/C13H13BrN2O2/c14-9-4-5-10(12(17)6-9)13(18)16-11-3-1-2-8(11)7-15/h4-6,8,11,17H,1-3H2,(H,16,18). The lowest BCUT2D eigenvalue weighted by Gasteiger charge is -2.16. The number of carbonyl (C=O) groups is 1. The van der Waals surface area contributed by atoms with Crippen molar-refractivity contribution in [2.24, 2.45) is 5.92 Å². The molecule has 0 radical (unpaired) electrons. The molecule has 1 saturated carbocycles. The first kappa shape index (κ1) is 12.9. The zero-order valence-electron chi connectivity index (χ0n) is 9.69. The first-order chi connectivity index (χ1) is 8.61. The number of amides is 1. The molecule has 0 saturated heterocycles. The fourth-order valence-corrected chi connectivity index (χ4v) is 2.58. The van der Waals surface area contributed by atoms with Gasteiger partial charge >= 0.3 is 0 Å². The molecule has 1 fully saturated rings. The van der Waals surface area contributed by atoms with Gasteiger partial charge in [0, 0.05) is 10.5 Å². The van der Waals surface area contributed by atoms with Gasteiger partial charge in [-0.1, -0.05) is 15.9 Å². The summed E-state index contributed by atoms with van der Waals surface area (Å²) in [7, 11) is 0. The van der Waals surface area contributed by atoms with Gasteiger partial charge in [-0.15, -0.1) is 0 Å². The molecule has 5 heteroatoms. The molecule has 1 amide bonds. The van der Waals surface area contributed by atoms with Crippen molar-refractivity contribution in [2.45, 2.75) is 25.3 Å². The van der Waals surface area contributed by atoms with Crippen LogP contribution in [0.15, 0.2) is 22.7 Å². The number of hydrogen-bond acceptors (Lipinski definition) is 3. The van der Waals surface area contributed by atoms with E-state index in [-0.39, 0.29) is 29.2 Å². The van der Waals surface area contributed by atoms with E-state index in [1.54, 1.807) is 12.1 Å². The second kappa shape index (κ2) is 5.40. The maximum absolute atomic E-state index is 12.0. The van der Waals surface area contributed by atoms with Gasteiger partial charge in [-0.05, 0) is 37.5 Å². The van der Waals surface area contributed by atoms with E-state index in [1.165, 1.54) is 6.07 Å². The predicted molar refractivity (Wildman–Crippen MR) is 70.0 cm³/mol. The molecule has 94 valence electrons. The Balaban J connectivity index is 2.10. The average Bonchev–Trinajstić information content (AvgIpc) is 2.76. The summed E-state index contributed by atoms with van der Waals surface area (Å²) in [6, 6.07) is 6.84. The van der Waals surface area contributed by atoms with Crippen LogP contribution >= 0.6 is 15.9 Å². The highest BCUT2D eigenvalue weighted by Crippen LogP contribution is 2.26. The minimum atomic E-state index is -0.327. The topological polar surface area (TPSA) is 73.1 Å². The fourth-order valence-electron chi connectivity index (χ4n) is 2.23. The maximum Gasteiger partial charge on any atom is 0.255 e. The maximum atomic E-state index is 12.0. The van der Waals surface area contributed by atoms with Crippen LogP contribution in [-0.2, 0) is 0 Å². The highest BCUT2D eigenvalue weighted by molar-refractivity contribution is 9.10. The first-order valence-corrected chi connectivity index (χ1v) is 6.60. The van der Waals surface area contributed by atoms with Crippen LogP contribution in [0.5, 0.6) is 5.75 Å². The van der Waals surface area contributed by atoms with Gasteiger partial charge in [-0.25, -0.2) is 0 Å². The van der Waals surface area contributed by atoms with Crippen molar-refractivity contribution in [3.05, 3.63) is 28.2 Å². The van der Waals surface area contributed by atoms with Crippen molar-refractivity contribution in [2.75, 3.05) is 0 Å². The molecular formula is C13H13BrN2O2. The molecule has 0 heterocycles. The number of phenolic OH excluding ortho intramolecular Hbond substituents is 1. The summed E-state index contributed by atoms with van der Waals surface area (Å²) in [6.07, 6.45) is 2.60. The predicted octanol–water partition coefficient (Wildman–Crippen LogP) is 2.58. The van der Waals surface area contributed by atoms with E-state index in [0.29, 0.717) is 4.47 Å². The number of benzene rings is 1. The molecule has 1 aromatic carbocycles. The second-order valence-electron chi connectivity index (χ2n) is 4.41. The van der Waals surface area contributed by atoms with Crippen LogP contribution in [0, 0.1) is 17.2 Å². The van der Waals surface area contributed by atoms with Crippen molar-refractivity contribution in [1.29, 1.82) is 5.26 Å². The Morgan fingerprint density at radius 3 is 2.94 bits per heavy atom. The van der Waals surface area contributed by atoms with Gasteiger partial charge in [-0.2, -0.15) is 5.26 Å². The molecule has 2 rings (SSSR count). The Morgan fingerprint density at radius 2 is 2.28 bits per heavy atom. The molecule has 2 atom stereocenters. The molecule has 1 aliphatic carbocycles. The number of nitriles is 1. The second-order valence-corrected chi connectivity index (χ2v) is 5.32. The minimum Gasteiger partial charge on any atom is -0.507 e. The van der Waals surface area contributed by atoms with Gasteiger partial charge in [0.15, 0.2) is 0 Å². The Morgan fingerprint density at radius 1 is 1.50 bits per heavy atom. The lowest BCUT2D eigenvalue weighted by molar-refractivity contribution is 0.0930. The molecule has 0 aromatic heterocycles. The molecule has 18 heavy (non-hydrogen) atoms. The molecule has 2 N–H and O–H groups in total. The first-order valence-electron chi connectivity index (χ1n) is 5.81. The van der Waals surface area contributed by atoms with E-state index in [9.17, 15) is 9.90 Å². The summed E-state index contributed by atoms with van der Waals surface area (Å²) < 4.78 is 0.715. The lowest BCUT2D eigenvalue weighted by atomic mass is 10.1. The summed E-state index contributed by atoms with van der Waals surface area (Å²) in [5.74, 6) is -0.507. The SMILES string of the molecule is N#CC1CCCC1NC(=O)c1ccc(Br)cc1O. The van der Waals surface area contributed by atoms with Crippen molar-refractivity contribution in [3.63, 3.8) is 0 Å². The number of aromatic hydroxyl groups is 1. The monoisotopic (exact) mass is 308 g/mol. The van der Waals surface area contributed by atoms with E-state index in [2.05, 4.69) is 27.3 Å². The highest BCUT2D eigenvalue weighted by Gasteiger charge is 2.29. The van der Waals surface area contributed by atoms with Gasteiger partial charge < -0.3 is 10.4 Å². The van der Waals surface area contributed by atoms with E-state index in [4.69, 9.17) is 5.26 Å². The summed E-state index contributed by atoms with van der Waals surface area (Å²) in [6.45, 7) is 0. The van der Waals surface area contributed by atoms with E-state index < -0.39 is 0 Å². The summed E-state index contributed by atoms with van der Waals surface area (Å²) >= 11 is 3.22. The zero-order valence-corrected chi connectivity index (χ0v) is 11.3. The Labute approximate surface area is 114 Å². The lowest BCUT2D eigenvalue weighted by Crippen LogP contribution is -2.36. The number of nitrogens with one attached hydrogen (secondary N) is 1. The van der Waals surface area contributed by atoms with Crippen LogP contribution in [0.3, 0.4) is 0 Å². The zero-order chi connectivity index (χ0) is 13.1. The third-order valence-electron chi connectivity index (χ3n) is 3.20. The Kier molecular flexibility index (Phi) is 3.87. The molecular weight excluding hydrogens is 296 g/mol. The Bertz CT molecular complexity index is 510. The van der Waals surface area contributed by atoms with Crippen molar-refractivity contribution in [1.82, 2.24) is 5.32 Å². The number of rotatable bonds is 2. The van der Waals surface area contributed by atoms with Crippen LogP contribution < -0.4 is 5.32 Å². The molecule has 0 spiro atoms. The van der Waals surface area contributed by atoms with Crippen LogP contribution in [0.25, 0.3) is 0 Å². The highest BCUT2D eigenvalue weighted by atomic mass is 79.9. The summed E-state index contributed by atoms with van der Waals surface area (Å²) in [5, 5.41) is 21.5. The largest absolute Gasteiger partial charge is 0.507 e. The van der Waals surface area contributed by atoms with Gasteiger partial charge in [0.25, 0.3) is 5.91 Å². The van der Waals surface area contributed by atoms with E-state index >= 15 is 0 Å². The smallest absolute Gasteiger partial charge is 0.255 e. The number of carbonyl (C=O) groups excluding carboxylic acids is 1. The van der Waals surface area contributed by atoms with Gasteiger partial charge in [0.05, 0.1) is 17.6 Å². The molecule has 0 bridgehead atoms. The molecule has 4 nitrogen and oxygen atoms in total. The Hall–Kier alpha value is -1.54. The molecule has 0 aliphatic heterocycles. The van der Waals surface area contributed by atoms with Gasteiger partial charge in [0.1, 0.15) is 5.75 Å². The third kappa shape index (κ3) is 2.65. The summed E-state index contributed by atoms with van der Waals surface area (Å²) in [5.41, 5.74) is 0.238. The van der Waals surface area contributed by atoms with Gasteiger partial charge in [0.2, 0.25) is 0 Å². The molecule has 1 aromatic rings. The van der Waals surface area contributed by atoms with Crippen LogP contribution in [0.4, 0.5) is 0 Å². The summed E-state index contributed by atoms with van der Waals surface area (Å²) in [4.78, 5) is 12.0. The number of halogens is 1. The molecule has 2 unspecified atom stereocenters. The van der Waals surface area contributed by atoms with Crippen molar-refractivity contribution >= 4 is 21.8 Å². The van der Waals surface area contributed by atoms with E-state index in [1.807, 2.05) is 0 Å².